The summed E-state index contributed by atoms with van der Waals surface area (Å²) in [6.45, 7) is 8.24. The quantitative estimate of drug-likeness (QED) is 0.766. The number of hydrogen-bond donors (Lipinski definition) is 2. The second-order valence-electron chi connectivity index (χ2n) is 7.20. The van der Waals surface area contributed by atoms with E-state index in [1.807, 2.05) is 16.7 Å². The van der Waals surface area contributed by atoms with E-state index in [0.29, 0.717) is 23.8 Å². The Hall–Kier alpha value is -2.41. The first-order valence-electron chi connectivity index (χ1n) is 9.55. The third kappa shape index (κ3) is 7.02. The first kappa shape index (κ1) is 20.9. The van der Waals surface area contributed by atoms with Gasteiger partial charge in [0.15, 0.2) is 0 Å². The Labute approximate surface area is 161 Å². The molecule has 3 amide bonds. The summed E-state index contributed by atoms with van der Waals surface area (Å²) < 4.78 is 0. The molecule has 0 saturated carbocycles. The van der Waals surface area contributed by atoms with Gasteiger partial charge >= 0.3 is 0 Å². The van der Waals surface area contributed by atoms with Crippen LogP contribution in [0.3, 0.4) is 0 Å². The molecule has 0 aromatic heterocycles. The molecule has 0 spiro atoms. The predicted molar refractivity (Wildman–Crippen MR) is 106 cm³/mol. The number of rotatable bonds is 7. The van der Waals surface area contributed by atoms with E-state index in [4.69, 9.17) is 0 Å². The molecule has 1 heterocycles. The summed E-state index contributed by atoms with van der Waals surface area (Å²) in [6.07, 6.45) is 2.22. The highest BCUT2D eigenvalue weighted by Gasteiger charge is 2.23. The van der Waals surface area contributed by atoms with Crippen LogP contribution in [-0.2, 0) is 14.4 Å². The minimum Gasteiger partial charge on any atom is -0.341 e. The first-order chi connectivity index (χ1) is 12.9. The highest BCUT2D eigenvalue weighted by molar-refractivity contribution is 5.93. The third-order valence-corrected chi connectivity index (χ3v) is 4.67. The smallest absolute Gasteiger partial charge is 0.238 e. The van der Waals surface area contributed by atoms with Gasteiger partial charge in [0.1, 0.15) is 0 Å². The maximum absolute atomic E-state index is 12.5. The summed E-state index contributed by atoms with van der Waals surface area (Å²) in [6, 6.07) is 6.94. The van der Waals surface area contributed by atoms with Crippen LogP contribution in [0.1, 0.15) is 33.6 Å². The van der Waals surface area contributed by atoms with Gasteiger partial charge in [-0.25, -0.2) is 0 Å². The molecule has 148 valence electrons. The van der Waals surface area contributed by atoms with Crippen LogP contribution in [0.15, 0.2) is 24.3 Å². The van der Waals surface area contributed by atoms with E-state index in [0.717, 1.165) is 19.5 Å². The Morgan fingerprint density at radius 2 is 1.74 bits per heavy atom. The summed E-state index contributed by atoms with van der Waals surface area (Å²) in [4.78, 5) is 39.6. The Kier molecular flexibility index (Phi) is 7.79. The molecule has 0 aliphatic carbocycles. The van der Waals surface area contributed by atoms with E-state index < -0.39 is 0 Å². The van der Waals surface area contributed by atoms with Gasteiger partial charge in [-0.2, -0.15) is 0 Å². The molecule has 7 heteroatoms. The van der Waals surface area contributed by atoms with Crippen molar-refractivity contribution in [3.05, 3.63) is 24.3 Å². The fourth-order valence-corrected chi connectivity index (χ4v) is 3.23. The number of hydrogen-bond acceptors (Lipinski definition) is 4. The monoisotopic (exact) mass is 374 g/mol. The van der Waals surface area contributed by atoms with Crippen LogP contribution in [0.2, 0.25) is 0 Å². The third-order valence-electron chi connectivity index (χ3n) is 4.67. The lowest BCUT2D eigenvalue weighted by molar-refractivity contribution is -0.134. The van der Waals surface area contributed by atoms with Crippen molar-refractivity contribution < 1.29 is 14.4 Å². The fraction of sp³-hybridized carbons (Fsp3) is 0.550. The molecule has 1 saturated heterocycles. The molecule has 0 unspecified atom stereocenters. The number of piperidine rings is 1. The number of likely N-dealkylation sites (N-methyl/N-ethyl adjacent to an activating group) is 1. The zero-order valence-corrected chi connectivity index (χ0v) is 16.5. The molecule has 2 rings (SSSR count). The number of likely N-dealkylation sites (tertiary alicyclic amines) is 1. The second-order valence-corrected chi connectivity index (χ2v) is 7.20. The second kappa shape index (κ2) is 10.1. The van der Waals surface area contributed by atoms with E-state index in [-0.39, 0.29) is 30.8 Å². The number of anilines is 2. The highest BCUT2D eigenvalue weighted by Crippen LogP contribution is 2.16. The predicted octanol–water partition coefficient (Wildman–Crippen LogP) is 2.16. The van der Waals surface area contributed by atoms with Gasteiger partial charge in [-0.3, -0.25) is 19.3 Å². The number of carbonyl (C=O) groups excluding carboxylic acids is 3. The van der Waals surface area contributed by atoms with Gasteiger partial charge in [-0.15, -0.1) is 0 Å². The average molecular weight is 374 g/mol. The molecular formula is C20H30N4O3. The van der Waals surface area contributed by atoms with E-state index in [1.54, 1.807) is 24.3 Å². The lowest BCUT2D eigenvalue weighted by atomic mass is 10.0. The van der Waals surface area contributed by atoms with E-state index in [2.05, 4.69) is 17.6 Å². The van der Waals surface area contributed by atoms with Crippen molar-refractivity contribution in [2.45, 2.75) is 33.6 Å². The number of carbonyl (C=O) groups is 3. The van der Waals surface area contributed by atoms with Gasteiger partial charge in [-0.05, 0) is 49.6 Å². The van der Waals surface area contributed by atoms with Crippen LogP contribution in [-0.4, -0.2) is 60.2 Å². The molecule has 1 aromatic rings. The Morgan fingerprint density at radius 3 is 2.30 bits per heavy atom. The van der Waals surface area contributed by atoms with Crippen molar-refractivity contribution in [2.75, 3.05) is 43.4 Å². The molecule has 1 atom stereocenters. The molecule has 7 nitrogen and oxygen atoms in total. The van der Waals surface area contributed by atoms with E-state index in [9.17, 15) is 14.4 Å². The largest absolute Gasteiger partial charge is 0.341 e. The number of amides is 3. The van der Waals surface area contributed by atoms with Gasteiger partial charge in [0.2, 0.25) is 17.7 Å². The molecule has 1 aromatic carbocycles. The average Bonchev–Trinajstić information content (AvgIpc) is 2.62. The summed E-state index contributed by atoms with van der Waals surface area (Å²) in [7, 11) is 0. The highest BCUT2D eigenvalue weighted by atomic mass is 16.2. The maximum atomic E-state index is 12.5. The SMILES string of the molecule is CCN(CC(=O)Nc1ccc(NC(C)=O)cc1)CC(=O)N1CCC[C@@H](C)C1. The molecule has 2 N–H and O–H groups in total. The molecule has 1 fully saturated rings. The summed E-state index contributed by atoms with van der Waals surface area (Å²) in [5.41, 5.74) is 1.33. The zero-order chi connectivity index (χ0) is 19.8. The lowest BCUT2D eigenvalue weighted by Crippen LogP contribution is -2.46. The van der Waals surface area contributed by atoms with Gasteiger partial charge < -0.3 is 15.5 Å². The van der Waals surface area contributed by atoms with Gasteiger partial charge in [0, 0.05) is 31.4 Å². The van der Waals surface area contributed by atoms with Crippen LogP contribution in [0.25, 0.3) is 0 Å². The fourth-order valence-electron chi connectivity index (χ4n) is 3.23. The summed E-state index contributed by atoms with van der Waals surface area (Å²) in [5.74, 6) is 0.333. The lowest BCUT2D eigenvalue weighted by Gasteiger charge is -2.32. The molecule has 27 heavy (non-hydrogen) atoms. The molecule has 0 bridgehead atoms. The van der Waals surface area contributed by atoms with E-state index in [1.165, 1.54) is 13.3 Å². The number of nitrogens with zero attached hydrogens (tertiary/aromatic N) is 2. The molecular weight excluding hydrogens is 344 g/mol. The minimum atomic E-state index is -0.163. The van der Waals surface area contributed by atoms with Gasteiger partial charge in [0.05, 0.1) is 13.1 Å². The minimum absolute atomic E-state index is 0.0934. The normalized spacial score (nSPS) is 16.9. The van der Waals surface area contributed by atoms with Gasteiger partial charge in [0.25, 0.3) is 0 Å². The van der Waals surface area contributed by atoms with Crippen LogP contribution in [0.5, 0.6) is 0 Å². The van der Waals surface area contributed by atoms with Crippen molar-refractivity contribution in [1.82, 2.24) is 9.80 Å². The Morgan fingerprint density at radius 1 is 1.11 bits per heavy atom. The maximum Gasteiger partial charge on any atom is 0.238 e. The van der Waals surface area contributed by atoms with Crippen molar-refractivity contribution in [1.29, 1.82) is 0 Å². The van der Waals surface area contributed by atoms with Crippen LogP contribution >= 0.6 is 0 Å². The summed E-state index contributed by atoms with van der Waals surface area (Å²) >= 11 is 0. The Balaban J connectivity index is 1.83. The van der Waals surface area contributed by atoms with Crippen molar-refractivity contribution in [3.63, 3.8) is 0 Å². The number of nitrogens with one attached hydrogen (secondary N) is 2. The van der Waals surface area contributed by atoms with Gasteiger partial charge in [-0.1, -0.05) is 13.8 Å². The summed E-state index contributed by atoms with van der Waals surface area (Å²) in [5, 5.41) is 5.51. The topological polar surface area (TPSA) is 81.8 Å². The van der Waals surface area contributed by atoms with Crippen molar-refractivity contribution >= 4 is 29.1 Å². The van der Waals surface area contributed by atoms with Crippen LogP contribution in [0.4, 0.5) is 11.4 Å². The molecule has 0 radical (unpaired) electrons. The van der Waals surface area contributed by atoms with Crippen LogP contribution in [0, 0.1) is 5.92 Å². The number of benzene rings is 1. The Bertz CT molecular complexity index is 660. The van der Waals surface area contributed by atoms with E-state index >= 15 is 0 Å². The zero-order valence-electron chi connectivity index (χ0n) is 16.5. The van der Waals surface area contributed by atoms with Crippen LogP contribution < -0.4 is 10.6 Å². The van der Waals surface area contributed by atoms with Crippen molar-refractivity contribution in [2.24, 2.45) is 5.92 Å². The standard InChI is InChI=1S/C20H30N4O3/c1-4-23(14-20(27)24-11-5-6-15(2)12-24)13-19(26)22-18-9-7-17(8-10-18)21-16(3)25/h7-10,15H,4-6,11-14H2,1-3H3,(H,21,25)(H,22,26)/t15-/m1/s1. The van der Waals surface area contributed by atoms with Crippen molar-refractivity contribution in [3.8, 4) is 0 Å². The first-order valence-corrected chi connectivity index (χ1v) is 9.55. The molecule has 1 aliphatic rings. The molecule has 1 aliphatic heterocycles.